The maximum absolute atomic E-state index is 12.1. The highest BCUT2D eigenvalue weighted by Gasteiger charge is 2.25. The summed E-state index contributed by atoms with van der Waals surface area (Å²) in [5.74, 6) is 1.12. The van der Waals surface area contributed by atoms with Crippen molar-refractivity contribution in [2.45, 2.75) is 13.8 Å². The van der Waals surface area contributed by atoms with Gasteiger partial charge in [0.1, 0.15) is 0 Å². The highest BCUT2D eigenvalue weighted by atomic mass is 16.6. The summed E-state index contributed by atoms with van der Waals surface area (Å²) in [4.78, 5) is 16.5. The van der Waals surface area contributed by atoms with Crippen LogP contribution in [0.25, 0.3) is 6.08 Å². The van der Waals surface area contributed by atoms with Crippen molar-refractivity contribution in [3.8, 4) is 11.5 Å². The van der Waals surface area contributed by atoms with Crippen LogP contribution >= 0.6 is 0 Å². The lowest BCUT2D eigenvalue weighted by Gasteiger charge is -2.09. The molecule has 2 aromatic rings. The standard InChI is InChI=1S/C20H19NO4/c1-4-24-18-12-14(9-10-17(18)23-3)11-16-20(22)25-19(21-16)15-8-6-5-7-13(15)2/h5-12H,4H2,1-3H3. The Labute approximate surface area is 146 Å². The number of carbonyl (C=O) groups is 1. The van der Waals surface area contributed by atoms with Crippen LogP contribution in [0.5, 0.6) is 11.5 Å². The fourth-order valence-electron chi connectivity index (χ4n) is 2.55. The third kappa shape index (κ3) is 3.55. The van der Waals surface area contributed by atoms with E-state index < -0.39 is 5.97 Å². The van der Waals surface area contributed by atoms with Crippen LogP contribution in [0.1, 0.15) is 23.6 Å². The van der Waals surface area contributed by atoms with Crippen molar-refractivity contribution in [3.05, 3.63) is 64.9 Å². The van der Waals surface area contributed by atoms with E-state index in [0.717, 1.165) is 16.7 Å². The first kappa shape index (κ1) is 16.8. The Morgan fingerprint density at radius 3 is 2.68 bits per heavy atom. The Bertz CT molecular complexity index is 868. The number of ether oxygens (including phenoxy) is 3. The van der Waals surface area contributed by atoms with Crippen LogP contribution in [0.15, 0.2) is 53.2 Å². The van der Waals surface area contributed by atoms with Crippen molar-refractivity contribution >= 4 is 17.9 Å². The molecular formula is C20H19NO4. The lowest BCUT2D eigenvalue weighted by Crippen LogP contribution is -2.06. The van der Waals surface area contributed by atoms with Gasteiger partial charge < -0.3 is 14.2 Å². The molecule has 0 bridgehead atoms. The van der Waals surface area contributed by atoms with E-state index in [9.17, 15) is 4.79 Å². The quantitative estimate of drug-likeness (QED) is 0.616. The Hall–Kier alpha value is -3.08. The minimum absolute atomic E-state index is 0.255. The first-order valence-electron chi connectivity index (χ1n) is 8.01. The second-order valence-electron chi connectivity index (χ2n) is 5.49. The number of aryl methyl sites for hydroxylation is 1. The zero-order valence-electron chi connectivity index (χ0n) is 14.4. The average molecular weight is 337 g/mol. The molecule has 0 saturated carbocycles. The van der Waals surface area contributed by atoms with Crippen molar-refractivity contribution in [1.29, 1.82) is 0 Å². The van der Waals surface area contributed by atoms with Crippen LogP contribution in [0.3, 0.4) is 0 Å². The number of rotatable bonds is 5. The zero-order chi connectivity index (χ0) is 17.8. The number of carbonyl (C=O) groups excluding carboxylic acids is 1. The van der Waals surface area contributed by atoms with Gasteiger partial charge in [0.2, 0.25) is 5.90 Å². The van der Waals surface area contributed by atoms with E-state index in [1.807, 2.05) is 50.2 Å². The van der Waals surface area contributed by atoms with Gasteiger partial charge in [-0.05, 0) is 49.2 Å². The van der Waals surface area contributed by atoms with Gasteiger partial charge in [-0.15, -0.1) is 0 Å². The van der Waals surface area contributed by atoms with Crippen LogP contribution in [0.2, 0.25) is 0 Å². The summed E-state index contributed by atoms with van der Waals surface area (Å²) >= 11 is 0. The zero-order valence-corrected chi connectivity index (χ0v) is 14.4. The van der Waals surface area contributed by atoms with E-state index in [1.54, 1.807) is 19.3 Å². The minimum Gasteiger partial charge on any atom is -0.493 e. The molecule has 25 heavy (non-hydrogen) atoms. The summed E-state index contributed by atoms with van der Waals surface area (Å²) in [6.45, 7) is 4.37. The highest BCUT2D eigenvalue weighted by Crippen LogP contribution is 2.29. The second kappa shape index (κ2) is 7.21. The van der Waals surface area contributed by atoms with Crippen molar-refractivity contribution in [3.63, 3.8) is 0 Å². The Morgan fingerprint density at radius 1 is 1.16 bits per heavy atom. The molecule has 0 N–H and O–H groups in total. The number of esters is 1. The monoisotopic (exact) mass is 337 g/mol. The summed E-state index contributed by atoms with van der Waals surface area (Å²) in [6, 6.07) is 13.1. The molecule has 128 valence electrons. The largest absolute Gasteiger partial charge is 0.493 e. The van der Waals surface area contributed by atoms with Gasteiger partial charge in [0.25, 0.3) is 0 Å². The van der Waals surface area contributed by atoms with Gasteiger partial charge in [-0.3, -0.25) is 0 Å². The molecule has 5 heteroatoms. The molecule has 0 atom stereocenters. The lowest BCUT2D eigenvalue weighted by molar-refractivity contribution is -0.129. The van der Waals surface area contributed by atoms with Gasteiger partial charge >= 0.3 is 5.97 Å². The van der Waals surface area contributed by atoms with Gasteiger partial charge in [-0.2, -0.15) is 0 Å². The number of cyclic esters (lactones) is 1. The van der Waals surface area contributed by atoms with E-state index >= 15 is 0 Å². The van der Waals surface area contributed by atoms with Gasteiger partial charge in [0, 0.05) is 5.56 Å². The molecule has 0 aromatic heterocycles. The fraction of sp³-hybridized carbons (Fsp3) is 0.200. The first-order chi connectivity index (χ1) is 12.1. The summed E-state index contributed by atoms with van der Waals surface area (Å²) in [5.41, 5.74) is 2.85. The maximum atomic E-state index is 12.1. The lowest BCUT2D eigenvalue weighted by atomic mass is 10.1. The number of aliphatic imine (C=N–C) groups is 1. The molecule has 0 aliphatic carbocycles. The van der Waals surface area contributed by atoms with Crippen molar-refractivity contribution in [2.75, 3.05) is 13.7 Å². The molecule has 0 radical (unpaired) electrons. The molecule has 1 aliphatic heterocycles. The average Bonchev–Trinajstić information content (AvgIpc) is 2.96. The number of hydrogen-bond donors (Lipinski definition) is 0. The molecule has 0 fully saturated rings. The SMILES string of the molecule is CCOc1cc(C=C2N=C(c3ccccc3C)OC2=O)ccc1OC. The molecule has 1 aliphatic rings. The van der Waals surface area contributed by atoms with Crippen molar-refractivity contribution in [1.82, 2.24) is 0 Å². The summed E-state index contributed by atoms with van der Waals surface area (Å²) < 4.78 is 16.1. The van der Waals surface area contributed by atoms with Gasteiger partial charge in [-0.1, -0.05) is 24.3 Å². The molecule has 0 amide bonds. The van der Waals surface area contributed by atoms with E-state index in [0.29, 0.717) is 24.0 Å². The number of methoxy groups -OCH3 is 1. The van der Waals surface area contributed by atoms with Crippen molar-refractivity contribution < 1.29 is 19.0 Å². The maximum Gasteiger partial charge on any atom is 0.363 e. The smallest absolute Gasteiger partial charge is 0.363 e. The Balaban J connectivity index is 1.94. The second-order valence-corrected chi connectivity index (χ2v) is 5.49. The van der Waals surface area contributed by atoms with Gasteiger partial charge in [0.15, 0.2) is 17.2 Å². The predicted molar refractivity (Wildman–Crippen MR) is 95.9 cm³/mol. The topological polar surface area (TPSA) is 57.1 Å². The third-order valence-electron chi connectivity index (χ3n) is 3.79. The molecule has 1 heterocycles. The molecule has 2 aromatic carbocycles. The molecule has 3 rings (SSSR count). The molecular weight excluding hydrogens is 318 g/mol. The first-order valence-corrected chi connectivity index (χ1v) is 8.01. The van der Waals surface area contributed by atoms with Crippen LogP contribution in [0, 0.1) is 6.92 Å². The van der Waals surface area contributed by atoms with Crippen LogP contribution in [0.4, 0.5) is 0 Å². The van der Waals surface area contributed by atoms with Gasteiger partial charge in [0.05, 0.1) is 13.7 Å². The summed E-state index contributed by atoms with van der Waals surface area (Å²) in [7, 11) is 1.59. The summed E-state index contributed by atoms with van der Waals surface area (Å²) in [6.07, 6.45) is 1.68. The van der Waals surface area contributed by atoms with Crippen LogP contribution in [-0.4, -0.2) is 25.6 Å². The van der Waals surface area contributed by atoms with E-state index in [2.05, 4.69) is 4.99 Å². The van der Waals surface area contributed by atoms with Crippen LogP contribution in [-0.2, 0) is 9.53 Å². The molecule has 0 unspecified atom stereocenters. The molecule has 0 spiro atoms. The number of nitrogens with zero attached hydrogens (tertiary/aromatic N) is 1. The predicted octanol–water partition coefficient (Wildman–Crippen LogP) is 3.75. The number of benzene rings is 2. The van der Waals surface area contributed by atoms with E-state index in [4.69, 9.17) is 14.2 Å². The van der Waals surface area contributed by atoms with E-state index in [-0.39, 0.29) is 5.70 Å². The summed E-state index contributed by atoms with van der Waals surface area (Å²) in [5, 5.41) is 0. The van der Waals surface area contributed by atoms with Crippen molar-refractivity contribution in [2.24, 2.45) is 4.99 Å². The third-order valence-corrected chi connectivity index (χ3v) is 3.79. The van der Waals surface area contributed by atoms with E-state index in [1.165, 1.54) is 0 Å². The van der Waals surface area contributed by atoms with Crippen LogP contribution < -0.4 is 9.47 Å². The minimum atomic E-state index is -0.466. The normalized spacial score (nSPS) is 15.1. The van der Waals surface area contributed by atoms with Gasteiger partial charge in [-0.25, -0.2) is 9.79 Å². The Kier molecular flexibility index (Phi) is 4.84. The molecule has 5 nitrogen and oxygen atoms in total. The highest BCUT2D eigenvalue weighted by molar-refractivity contribution is 6.13. The molecule has 0 saturated heterocycles. The fourth-order valence-corrected chi connectivity index (χ4v) is 2.55. The Morgan fingerprint density at radius 2 is 1.96 bits per heavy atom. The number of hydrogen-bond acceptors (Lipinski definition) is 5.